The molecule has 1 aliphatic rings. The van der Waals surface area contributed by atoms with Gasteiger partial charge in [-0.2, -0.15) is 0 Å². The number of allylic oxidation sites excluding steroid dienone is 2. The molecule has 0 N–H and O–H groups in total. The molecule has 1 aliphatic heterocycles. The van der Waals surface area contributed by atoms with Crippen molar-refractivity contribution in [1.82, 2.24) is 0 Å². The third-order valence-corrected chi connectivity index (χ3v) is 1.52. The molecule has 0 amide bonds. The molecule has 1 rings (SSSR count). The van der Waals surface area contributed by atoms with Crippen LogP contribution in [0.1, 0.15) is 19.8 Å². The smallest absolute Gasteiger partial charge is 0.133 e. The van der Waals surface area contributed by atoms with Gasteiger partial charge in [-0.05, 0) is 13.3 Å². The van der Waals surface area contributed by atoms with Crippen molar-refractivity contribution in [3.8, 4) is 0 Å². The van der Waals surface area contributed by atoms with Gasteiger partial charge in [0, 0.05) is 6.42 Å². The zero-order valence-corrected chi connectivity index (χ0v) is 5.94. The number of rotatable bonds is 1. The van der Waals surface area contributed by atoms with Crippen LogP contribution in [-0.4, -0.2) is 13.7 Å². The van der Waals surface area contributed by atoms with E-state index >= 15 is 0 Å². The van der Waals surface area contributed by atoms with E-state index < -0.39 is 0 Å². The van der Waals surface area contributed by atoms with Crippen molar-refractivity contribution in [3.05, 3.63) is 11.5 Å². The third kappa shape index (κ3) is 1.37. The molecule has 0 aromatic heterocycles. The second kappa shape index (κ2) is 2.76. The highest BCUT2D eigenvalue weighted by molar-refractivity contribution is 5.00. The van der Waals surface area contributed by atoms with Crippen LogP contribution in [0.2, 0.25) is 0 Å². The highest BCUT2D eigenvalue weighted by atomic mass is 16.5. The number of hydrogen-bond donors (Lipinski definition) is 0. The van der Waals surface area contributed by atoms with Crippen LogP contribution in [0.4, 0.5) is 0 Å². The van der Waals surface area contributed by atoms with E-state index in [0.717, 1.165) is 31.0 Å². The third-order valence-electron chi connectivity index (χ3n) is 1.52. The predicted octanol–water partition coefficient (Wildman–Crippen LogP) is 1.67. The molecule has 0 aromatic carbocycles. The molecule has 0 aromatic rings. The van der Waals surface area contributed by atoms with E-state index in [9.17, 15) is 0 Å². The molecule has 9 heavy (non-hydrogen) atoms. The van der Waals surface area contributed by atoms with Crippen molar-refractivity contribution < 1.29 is 9.47 Å². The Bertz CT molecular complexity index is 119. The van der Waals surface area contributed by atoms with Gasteiger partial charge < -0.3 is 9.47 Å². The first-order chi connectivity index (χ1) is 4.34. The number of methoxy groups -OCH3 is 1. The number of ether oxygens (including phenoxy) is 2. The minimum absolute atomic E-state index is 0.857. The van der Waals surface area contributed by atoms with Gasteiger partial charge in [0.1, 0.15) is 11.5 Å². The van der Waals surface area contributed by atoms with E-state index in [1.54, 1.807) is 7.11 Å². The van der Waals surface area contributed by atoms with E-state index in [0.29, 0.717) is 0 Å². The summed E-state index contributed by atoms with van der Waals surface area (Å²) in [5, 5.41) is 0. The Kier molecular flexibility index (Phi) is 1.98. The van der Waals surface area contributed by atoms with E-state index in [2.05, 4.69) is 0 Å². The maximum absolute atomic E-state index is 5.26. The Balaban J connectivity index is 2.55. The summed E-state index contributed by atoms with van der Waals surface area (Å²) >= 11 is 0. The maximum atomic E-state index is 5.26. The lowest BCUT2D eigenvalue weighted by Crippen LogP contribution is -1.87. The van der Waals surface area contributed by atoms with Crippen LogP contribution in [0, 0.1) is 0 Å². The van der Waals surface area contributed by atoms with Gasteiger partial charge in [0.2, 0.25) is 0 Å². The summed E-state index contributed by atoms with van der Waals surface area (Å²) in [6.45, 7) is 2.79. The van der Waals surface area contributed by atoms with Crippen molar-refractivity contribution in [2.24, 2.45) is 0 Å². The largest absolute Gasteiger partial charge is 0.498 e. The summed E-state index contributed by atoms with van der Waals surface area (Å²) in [5.41, 5.74) is 0. The van der Waals surface area contributed by atoms with Crippen LogP contribution in [0.25, 0.3) is 0 Å². The summed E-state index contributed by atoms with van der Waals surface area (Å²) in [5.74, 6) is 1.95. The molecule has 0 unspecified atom stereocenters. The first-order valence-electron chi connectivity index (χ1n) is 3.21. The van der Waals surface area contributed by atoms with Gasteiger partial charge in [0.05, 0.1) is 13.7 Å². The van der Waals surface area contributed by atoms with Crippen LogP contribution in [0.5, 0.6) is 0 Å². The van der Waals surface area contributed by atoms with Crippen LogP contribution < -0.4 is 0 Å². The summed E-state index contributed by atoms with van der Waals surface area (Å²) in [6, 6.07) is 0. The quantitative estimate of drug-likeness (QED) is 0.500. The van der Waals surface area contributed by atoms with Crippen LogP contribution in [0.3, 0.4) is 0 Å². The fraction of sp³-hybridized carbons (Fsp3) is 0.714. The van der Waals surface area contributed by atoms with E-state index in [4.69, 9.17) is 9.47 Å². The topological polar surface area (TPSA) is 18.5 Å². The average Bonchev–Trinajstić information content (AvgIpc) is 2.37. The molecule has 0 radical (unpaired) electrons. The SMILES string of the molecule is CO/C(C)=C1/CCCO1. The maximum Gasteiger partial charge on any atom is 0.133 e. The molecule has 1 heterocycles. The molecule has 1 saturated heterocycles. The van der Waals surface area contributed by atoms with Gasteiger partial charge in [-0.15, -0.1) is 0 Å². The Morgan fingerprint density at radius 2 is 2.44 bits per heavy atom. The normalized spacial score (nSPS) is 23.3. The second-order valence-corrected chi connectivity index (χ2v) is 2.14. The molecule has 0 spiro atoms. The van der Waals surface area contributed by atoms with Crippen molar-refractivity contribution >= 4 is 0 Å². The molecule has 1 fully saturated rings. The molecular formula is C7H12O2. The molecular weight excluding hydrogens is 116 g/mol. The molecule has 2 nitrogen and oxygen atoms in total. The minimum Gasteiger partial charge on any atom is -0.498 e. The Labute approximate surface area is 55.5 Å². The Morgan fingerprint density at radius 1 is 1.67 bits per heavy atom. The van der Waals surface area contributed by atoms with Gasteiger partial charge >= 0.3 is 0 Å². The zero-order chi connectivity index (χ0) is 6.69. The van der Waals surface area contributed by atoms with Gasteiger partial charge in [-0.3, -0.25) is 0 Å². The molecule has 2 heteroatoms. The fourth-order valence-electron chi connectivity index (χ4n) is 0.892. The lowest BCUT2D eigenvalue weighted by Gasteiger charge is -2.02. The lowest BCUT2D eigenvalue weighted by molar-refractivity contribution is 0.213. The van der Waals surface area contributed by atoms with Crippen LogP contribution in [0.15, 0.2) is 11.5 Å². The zero-order valence-electron chi connectivity index (χ0n) is 5.94. The standard InChI is InChI=1S/C7H12O2/c1-6(8-2)7-4-3-5-9-7/h3-5H2,1-2H3/b7-6-. The van der Waals surface area contributed by atoms with Crippen molar-refractivity contribution in [3.63, 3.8) is 0 Å². The highest BCUT2D eigenvalue weighted by Gasteiger charge is 2.10. The molecule has 0 atom stereocenters. The highest BCUT2D eigenvalue weighted by Crippen LogP contribution is 2.19. The summed E-state index contributed by atoms with van der Waals surface area (Å²) < 4.78 is 10.2. The average molecular weight is 128 g/mol. The summed E-state index contributed by atoms with van der Waals surface area (Å²) in [6.07, 6.45) is 2.18. The predicted molar refractivity (Wildman–Crippen MR) is 34.9 cm³/mol. The van der Waals surface area contributed by atoms with E-state index in [1.807, 2.05) is 6.92 Å². The second-order valence-electron chi connectivity index (χ2n) is 2.14. The van der Waals surface area contributed by atoms with Crippen molar-refractivity contribution in [1.29, 1.82) is 0 Å². The molecule has 0 saturated carbocycles. The Morgan fingerprint density at radius 3 is 2.89 bits per heavy atom. The van der Waals surface area contributed by atoms with Gasteiger partial charge in [-0.1, -0.05) is 0 Å². The summed E-state index contributed by atoms with van der Waals surface area (Å²) in [7, 11) is 1.67. The van der Waals surface area contributed by atoms with Crippen LogP contribution in [-0.2, 0) is 9.47 Å². The summed E-state index contributed by atoms with van der Waals surface area (Å²) in [4.78, 5) is 0. The van der Waals surface area contributed by atoms with Crippen molar-refractivity contribution in [2.45, 2.75) is 19.8 Å². The van der Waals surface area contributed by atoms with Gasteiger partial charge in [0.25, 0.3) is 0 Å². The van der Waals surface area contributed by atoms with Crippen molar-refractivity contribution in [2.75, 3.05) is 13.7 Å². The lowest BCUT2D eigenvalue weighted by atomic mass is 10.3. The van der Waals surface area contributed by atoms with Gasteiger partial charge in [-0.25, -0.2) is 0 Å². The first-order valence-corrected chi connectivity index (χ1v) is 3.21. The molecule has 0 aliphatic carbocycles. The van der Waals surface area contributed by atoms with Crippen LogP contribution >= 0.6 is 0 Å². The monoisotopic (exact) mass is 128 g/mol. The van der Waals surface area contributed by atoms with Gasteiger partial charge in [0.15, 0.2) is 0 Å². The first kappa shape index (κ1) is 6.46. The molecule has 0 bridgehead atoms. The number of hydrogen-bond acceptors (Lipinski definition) is 2. The van der Waals surface area contributed by atoms with E-state index in [1.165, 1.54) is 0 Å². The van der Waals surface area contributed by atoms with E-state index in [-0.39, 0.29) is 0 Å². The fourth-order valence-corrected chi connectivity index (χ4v) is 0.892. The molecule has 52 valence electrons. The minimum atomic E-state index is 0.857. The Hall–Kier alpha value is -0.660.